The van der Waals surface area contributed by atoms with Gasteiger partial charge in [0, 0.05) is 6.04 Å². The molecule has 1 aromatic rings. The van der Waals surface area contributed by atoms with Gasteiger partial charge >= 0.3 is 6.03 Å². The van der Waals surface area contributed by atoms with Gasteiger partial charge in [-0.3, -0.25) is 0 Å². The molecular weight excluding hydrogens is 240 g/mol. The van der Waals surface area contributed by atoms with Crippen LogP contribution in [-0.2, 0) is 6.42 Å². The van der Waals surface area contributed by atoms with Crippen molar-refractivity contribution in [3.8, 4) is 0 Å². The van der Waals surface area contributed by atoms with Crippen LogP contribution in [0.15, 0.2) is 42.5 Å². The fourth-order valence-corrected chi connectivity index (χ4v) is 2.21. The molecule has 4 heteroatoms. The molecule has 102 valence electrons. The lowest BCUT2D eigenvalue weighted by Gasteiger charge is -2.19. The molecule has 1 aliphatic rings. The van der Waals surface area contributed by atoms with E-state index in [0.29, 0.717) is 6.42 Å². The standard InChI is InChI=1S/C15H20N2O2/c18-11-14(10-12-6-2-1-3-7-12)17-15(19)16-13-8-4-5-9-13/h1-7,13-14,18H,8-11H2,(H2,16,17,19)/t14-/m0/s1. The Labute approximate surface area is 113 Å². The van der Waals surface area contributed by atoms with Crippen molar-refractivity contribution in [3.05, 3.63) is 48.0 Å². The molecule has 19 heavy (non-hydrogen) atoms. The van der Waals surface area contributed by atoms with Crippen LogP contribution in [0.3, 0.4) is 0 Å². The topological polar surface area (TPSA) is 61.4 Å². The molecule has 2 amide bonds. The van der Waals surface area contributed by atoms with E-state index in [2.05, 4.69) is 22.8 Å². The van der Waals surface area contributed by atoms with E-state index in [0.717, 1.165) is 18.4 Å². The first-order chi connectivity index (χ1) is 9.28. The second kappa shape index (κ2) is 6.95. The van der Waals surface area contributed by atoms with Gasteiger partial charge in [0.05, 0.1) is 12.6 Å². The van der Waals surface area contributed by atoms with Crippen LogP contribution in [-0.4, -0.2) is 29.8 Å². The molecule has 0 aromatic heterocycles. The highest BCUT2D eigenvalue weighted by atomic mass is 16.3. The number of carbonyl (C=O) groups excluding carboxylic acids is 1. The van der Waals surface area contributed by atoms with E-state index in [-0.39, 0.29) is 24.7 Å². The number of aliphatic hydroxyl groups is 1. The number of benzene rings is 1. The third kappa shape index (κ3) is 4.41. The van der Waals surface area contributed by atoms with E-state index >= 15 is 0 Å². The molecule has 0 unspecified atom stereocenters. The second-order valence-electron chi connectivity index (χ2n) is 4.83. The lowest BCUT2D eigenvalue weighted by atomic mass is 10.1. The summed E-state index contributed by atoms with van der Waals surface area (Å²) in [5, 5.41) is 15.1. The molecule has 3 N–H and O–H groups in total. The van der Waals surface area contributed by atoms with E-state index in [1.807, 2.05) is 30.3 Å². The molecule has 0 saturated heterocycles. The van der Waals surface area contributed by atoms with Crippen LogP contribution in [0.5, 0.6) is 0 Å². The quantitative estimate of drug-likeness (QED) is 0.704. The monoisotopic (exact) mass is 260 g/mol. The number of carbonyl (C=O) groups is 1. The van der Waals surface area contributed by atoms with Gasteiger partial charge in [0.2, 0.25) is 0 Å². The molecular formula is C15H20N2O2. The molecule has 1 aromatic carbocycles. The Morgan fingerprint density at radius 2 is 1.95 bits per heavy atom. The first kappa shape index (κ1) is 13.6. The molecule has 0 radical (unpaired) electrons. The summed E-state index contributed by atoms with van der Waals surface area (Å²) in [5.74, 6) is 0. The maximum atomic E-state index is 11.8. The van der Waals surface area contributed by atoms with E-state index < -0.39 is 0 Å². The van der Waals surface area contributed by atoms with Gasteiger partial charge < -0.3 is 15.7 Å². The molecule has 2 rings (SSSR count). The zero-order valence-corrected chi connectivity index (χ0v) is 10.9. The van der Waals surface area contributed by atoms with Crippen LogP contribution in [0.1, 0.15) is 18.4 Å². The average Bonchev–Trinajstić information content (AvgIpc) is 2.92. The summed E-state index contributed by atoms with van der Waals surface area (Å²) in [7, 11) is 0. The number of rotatable bonds is 5. The Kier molecular flexibility index (Phi) is 4.98. The predicted octanol–water partition coefficient (Wildman–Crippen LogP) is 1.61. The van der Waals surface area contributed by atoms with Gasteiger partial charge in [-0.15, -0.1) is 0 Å². The van der Waals surface area contributed by atoms with Gasteiger partial charge in [0.1, 0.15) is 0 Å². The van der Waals surface area contributed by atoms with Gasteiger partial charge in [-0.05, 0) is 24.8 Å². The zero-order valence-electron chi connectivity index (χ0n) is 10.9. The minimum Gasteiger partial charge on any atom is -0.394 e. The Balaban J connectivity index is 1.79. The zero-order chi connectivity index (χ0) is 13.5. The third-order valence-corrected chi connectivity index (χ3v) is 3.22. The number of hydrogen-bond donors (Lipinski definition) is 3. The smallest absolute Gasteiger partial charge is 0.315 e. The Hall–Kier alpha value is -1.81. The Morgan fingerprint density at radius 1 is 1.26 bits per heavy atom. The normalized spacial score (nSPS) is 16.3. The van der Waals surface area contributed by atoms with Gasteiger partial charge in [0.25, 0.3) is 0 Å². The average molecular weight is 260 g/mol. The van der Waals surface area contributed by atoms with Crippen molar-refractivity contribution in [2.75, 3.05) is 6.61 Å². The summed E-state index contributed by atoms with van der Waals surface area (Å²) in [5.41, 5.74) is 1.10. The number of nitrogens with one attached hydrogen (secondary N) is 2. The van der Waals surface area contributed by atoms with Gasteiger partial charge in [0.15, 0.2) is 0 Å². The van der Waals surface area contributed by atoms with Crippen LogP contribution in [0.25, 0.3) is 0 Å². The van der Waals surface area contributed by atoms with Crippen molar-refractivity contribution in [2.24, 2.45) is 0 Å². The van der Waals surface area contributed by atoms with E-state index in [1.165, 1.54) is 0 Å². The largest absolute Gasteiger partial charge is 0.394 e. The summed E-state index contributed by atoms with van der Waals surface area (Å²) >= 11 is 0. The van der Waals surface area contributed by atoms with Crippen LogP contribution in [0.2, 0.25) is 0 Å². The number of hydrogen-bond acceptors (Lipinski definition) is 2. The summed E-state index contributed by atoms with van der Waals surface area (Å²) < 4.78 is 0. The van der Waals surface area contributed by atoms with Crippen LogP contribution < -0.4 is 10.6 Å². The van der Waals surface area contributed by atoms with Crippen molar-refractivity contribution >= 4 is 6.03 Å². The van der Waals surface area contributed by atoms with Crippen LogP contribution in [0, 0.1) is 0 Å². The third-order valence-electron chi connectivity index (χ3n) is 3.22. The highest BCUT2D eigenvalue weighted by molar-refractivity contribution is 5.74. The molecule has 0 bridgehead atoms. The van der Waals surface area contributed by atoms with Crippen molar-refractivity contribution < 1.29 is 9.90 Å². The molecule has 4 nitrogen and oxygen atoms in total. The van der Waals surface area contributed by atoms with E-state index in [1.54, 1.807) is 0 Å². The Morgan fingerprint density at radius 3 is 2.58 bits per heavy atom. The molecule has 1 aliphatic carbocycles. The maximum Gasteiger partial charge on any atom is 0.315 e. The highest BCUT2D eigenvalue weighted by Crippen LogP contribution is 2.09. The fraction of sp³-hybridized carbons (Fsp3) is 0.400. The summed E-state index contributed by atoms with van der Waals surface area (Å²) in [6.07, 6.45) is 6.54. The first-order valence-electron chi connectivity index (χ1n) is 6.64. The molecule has 0 aliphatic heterocycles. The van der Waals surface area contributed by atoms with Crippen molar-refractivity contribution in [2.45, 2.75) is 31.3 Å². The van der Waals surface area contributed by atoms with E-state index in [4.69, 9.17) is 0 Å². The van der Waals surface area contributed by atoms with Crippen molar-refractivity contribution in [1.82, 2.24) is 10.6 Å². The van der Waals surface area contributed by atoms with Crippen LogP contribution >= 0.6 is 0 Å². The molecule has 0 heterocycles. The highest BCUT2D eigenvalue weighted by Gasteiger charge is 2.16. The number of amides is 2. The molecule has 0 saturated carbocycles. The lowest BCUT2D eigenvalue weighted by molar-refractivity contribution is 0.213. The van der Waals surface area contributed by atoms with Gasteiger partial charge in [-0.2, -0.15) is 0 Å². The number of aliphatic hydroxyl groups excluding tert-OH is 1. The molecule has 0 spiro atoms. The maximum absolute atomic E-state index is 11.8. The van der Waals surface area contributed by atoms with Crippen molar-refractivity contribution in [3.63, 3.8) is 0 Å². The minimum absolute atomic E-state index is 0.0643. The lowest BCUT2D eigenvalue weighted by Crippen LogP contribution is -2.47. The van der Waals surface area contributed by atoms with Crippen molar-refractivity contribution in [1.29, 1.82) is 0 Å². The fourth-order valence-electron chi connectivity index (χ4n) is 2.21. The van der Waals surface area contributed by atoms with Gasteiger partial charge in [-0.25, -0.2) is 4.79 Å². The first-order valence-corrected chi connectivity index (χ1v) is 6.64. The minimum atomic E-state index is -0.253. The Bertz CT molecular complexity index is 423. The van der Waals surface area contributed by atoms with E-state index in [9.17, 15) is 9.90 Å². The summed E-state index contributed by atoms with van der Waals surface area (Å²) in [6.45, 7) is -0.0643. The van der Waals surface area contributed by atoms with Crippen LogP contribution in [0.4, 0.5) is 4.79 Å². The summed E-state index contributed by atoms with van der Waals surface area (Å²) in [4.78, 5) is 11.8. The number of urea groups is 1. The predicted molar refractivity (Wildman–Crippen MR) is 74.8 cm³/mol. The van der Waals surface area contributed by atoms with Gasteiger partial charge in [-0.1, -0.05) is 42.5 Å². The summed E-state index contributed by atoms with van der Waals surface area (Å²) in [6, 6.07) is 9.57. The second-order valence-corrected chi connectivity index (χ2v) is 4.83. The SMILES string of the molecule is O=C(NC1CC=CC1)N[C@H](CO)Cc1ccccc1. The molecule has 0 fully saturated rings. The molecule has 1 atom stereocenters.